The van der Waals surface area contributed by atoms with E-state index < -0.39 is 23.3 Å². The molecule has 25 heavy (non-hydrogen) atoms. The molecule has 7 nitrogen and oxygen atoms in total. The Balaban J connectivity index is 2.24. The SMILES string of the molecule is Cc1nc2cc(F)cc(NC(C)C)c2c(=O)n1[C@H]1CCC(=O)NC1=O. The van der Waals surface area contributed by atoms with Gasteiger partial charge in [0.2, 0.25) is 11.8 Å². The summed E-state index contributed by atoms with van der Waals surface area (Å²) in [6.07, 6.45) is 0.383. The Hall–Kier alpha value is -2.77. The topological polar surface area (TPSA) is 93.1 Å². The summed E-state index contributed by atoms with van der Waals surface area (Å²) in [6.45, 7) is 5.33. The van der Waals surface area contributed by atoms with E-state index in [1.54, 1.807) is 6.92 Å². The van der Waals surface area contributed by atoms with E-state index in [1.807, 2.05) is 13.8 Å². The van der Waals surface area contributed by atoms with Crippen molar-refractivity contribution in [2.24, 2.45) is 0 Å². The first-order valence-electron chi connectivity index (χ1n) is 8.10. The second-order valence-corrected chi connectivity index (χ2v) is 6.45. The molecule has 1 atom stereocenters. The number of hydrogen-bond donors (Lipinski definition) is 2. The van der Waals surface area contributed by atoms with Crippen molar-refractivity contribution in [1.82, 2.24) is 14.9 Å². The molecule has 1 fully saturated rings. The Morgan fingerprint density at radius 3 is 2.68 bits per heavy atom. The van der Waals surface area contributed by atoms with Gasteiger partial charge in [-0.1, -0.05) is 0 Å². The lowest BCUT2D eigenvalue weighted by Crippen LogP contribution is -2.45. The number of aromatic nitrogens is 2. The Morgan fingerprint density at radius 1 is 1.32 bits per heavy atom. The molecule has 132 valence electrons. The van der Waals surface area contributed by atoms with Crippen molar-refractivity contribution in [3.63, 3.8) is 0 Å². The van der Waals surface area contributed by atoms with Crippen LogP contribution >= 0.6 is 0 Å². The molecule has 1 aromatic heterocycles. The second kappa shape index (κ2) is 6.27. The number of aryl methyl sites for hydroxylation is 1. The van der Waals surface area contributed by atoms with Crippen LogP contribution in [0.3, 0.4) is 0 Å². The Labute approximate surface area is 143 Å². The summed E-state index contributed by atoms with van der Waals surface area (Å²) in [4.78, 5) is 40.9. The van der Waals surface area contributed by atoms with E-state index in [1.165, 1.54) is 16.7 Å². The number of imide groups is 1. The van der Waals surface area contributed by atoms with E-state index in [0.29, 0.717) is 11.5 Å². The zero-order valence-corrected chi connectivity index (χ0v) is 14.2. The highest BCUT2D eigenvalue weighted by Crippen LogP contribution is 2.25. The summed E-state index contributed by atoms with van der Waals surface area (Å²) >= 11 is 0. The summed E-state index contributed by atoms with van der Waals surface area (Å²) in [6, 6.07) is 1.62. The van der Waals surface area contributed by atoms with Crippen molar-refractivity contribution in [2.45, 2.75) is 45.7 Å². The van der Waals surface area contributed by atoms with Gasteiger partial charge in [0, 0.05) is 18.5 Å². The fraction of sp³-hybridized carbons (Fsp3) is 0.412. The fourth-order valence-corrected chi connectivity index (χ4v) is 3.12. The number of amides is 2. The zero-order valence-electron chi connectivity index (χ0n) is 14.2. The smallest absolute Gasteiger partial charge is 0.264 e. The van der Waals surface area contributed by atoms with Crippen molar-refractivity contribution in [1.29, 1.82) is 0 Å². The number of nitrogens with one attached hydrogen (secondary N) is 2. The molecule has 0 aliphatic carbocycles. The molecular formula is C17H19FN4O3. The van der Waals surface area contributed by atoms with Gasteiger partial charge in [-0.15, -0.1) is 0 Å². The van der Waals surface area contributed by atoms with Crippen molar-refractivity contribution in [2.75, 3.05) is 5.32 Å². The Bertz CT molecular complexity index is 936. The predicted molar refractivity (Wildman–Crippen MR) is 90.9 cm³/mol. The number of hydrogen-bond acceptors (Lipinski definition) is 5. The maximum absolute atomic E-state index is 13.9. The van der Waals surface area contributed by atoms with Gasteiger partial charge < -0.3 is 5.32 Å². The van der Waals surface area contributed by atoms with E-state index in [2.05, 4.69) is 15.6 Å². The van der Waals surface area contributed by atoms with Crippen LogP contribution in [0.5, 0.6) is 0 Å². The fourth-order valence-electron chi connectivity index (χ4n) is 3.12. The van der Waals surface area contributed by atoms with Crippen molar-refractivity contribution in [3.8, 4) is 0 Å². The molecule has 1 saturated heterocycles. The number of piperidine rings is 1. The monoisotopic (exact) mass is 346 g/mol. The van der Waals surface area contributed by atoms with Gasteiger partial charge in [0.25, 0.3) is 5.56 Å². The van der Waals surface area contributed by atoms with E-state index in [4.69, 9.17) is 0 Å². The highest BCUT2D eigenvalue weighted by Gasteiger charge is 2.31. The average Bonchev–Trinajstić information content (AvgIpc) is 2.47. The first-order chi connectivity index (χ1) is 11.8. The summed E-state index contributed by atoms with van der Waals surface area (Å²) in [7, 11) is 0. The number of carbonyl (C=O) groups excluding carboxylic acids is 2. The lowest BCUT2D eigenvalue weighted by atomic mass is 10.0. The van der Waals surface area contributed by atoms with Crippen LogP contribution in [0.4, 0.5) is 10.1 Å². The van der Waals surface area contributed by atoms with Gasteiger partial charge in [-0.3, -0.25) is 24.3 Å². The minimum absolute atomic E-state index is 0.0187. The van der Waals surface area contributed by atoms with Gasteiger partial charge in [0.1, 0.15) is 17.7 Å². The van der Waals surface area contributed by atoms with Crippen LogP contribution in [0.25, 0.3) is 10.9 Å². The van der Waals surface area contributed by atoms with Gasteiger partial charge in [-0.25, -0.2) is 9.37 Å². The molecule has 3 rings (SSSR count). The van der Waals surface area contributed by atoms with Crippen molar-refractivity contribution >= 4 is 28.4 Å². The normalized spacial score (nSPS) is 17.9. The molecule has 0 spiro atoms. The quantitative estimate of drug-likeness (QED) is 0.824. The van der Waals surface area contributed by atoms with Crippen molar-refractivity contribution < 1.29 is 14.0 Å². The predicted octanol–water partition coefficient (Wildman–Crippen LogP) is 1.64. The lowest BCUT2D eigenvalue weighted by molar-refractivity contribution is -0.135. The molecule has 2 N–H and O–H groups in total. The van der Waals surface area contributed by atoms with Crippen LogP contribution in [-0.2, 0) is 9.59 Å². The van der Waals surface area contributed by atoms with Gasteiger partial charge in [0.05, 0.1) is 16.6 Å². The number of benzene rings is 1. The van der Waals surface area contributed by atoms with Crippen LogP contribution in [0.15, 0.2) is 16.9 Å². The van der Waals surface area contributed by atoms with Crippen LogP contribution in [0.2, 0.25) is 0 Å². The highest BCUT2D eigenvalue weighted by atomic mass is 19.1. The summed E-state index contributed by atoms with van der Waals surface area (Å²) in [5.74, 6) is -1.08. The average molecular weight is 346 g/mol. The molecule has 8 heteroatoms. The number of halogens is 1. The third kappa shape index (κ3) is 3.11. The number of nitrogens with zero attached hydrogens (tertiary/aromatic N) is 2. The standard InChI is InChI=1S/C17H19FN4O3/c1-8(2)19-11-6-10(18)7-12-15(11)17(25)22(9(3)20-12)13-4-5-14(23)21-16(13)24/h6-8,13,19H,4-5H2,1-3H3,(H,21,23,24)/t13-/m0/s1. The van der Waals surface area contributed by atoms with E-state index in [9.17, 15) is 18.8 Å². The van der Waals surface area contributed by atoms with E-state index in [-0.39, 0.29) is 35.7 Å². The summed E-state index contributed by atoms with van der Waals surface area (Å²) < 4.78 is 15.2. The zero-order chi connectivity index (χ0) is 18.3. The minimum atomic E-state index is -0.806. The first kappa shape index (κ1) is 17.1. The van der Waals surface area contributed by atoms with E-state index in [0.717, 1.165) is 0 Å². The second-order valence-electron chi connectivity index (χ2n) is 6.45. The van der Waals surface area contributed by atoms with Gasteiger partial charge in [0.15, 0.2) is 0 Å². The van der Waals surface area contributed by atoms with Crippen LogP contribution in [0, 0.1) is 12.7 Å². The molecule has 0 saturated carbocycles. The molecular weight excluding hydrogens is 327 g/mol. The van der Waals surface area contributed by atoms with Gasteiger partial charge >= 0.3 is 0 Å². The van der Waals surface area contributed by atoms with E-state index >= 15 is 0 Å². The molecule has 2 aromatic rings. The number of fused-ring (bicyclic) bond motifs is 1. The Kier molecular flexibility index (Phi) is 4.28. The van der Waals surface area contributed by atoms with Crippen molar-refractivity contribution in [3.05, 3.63) is 34.1 Å². The highest BCUT2D eigenvalue weighted by molar-refractivity contribution is 5.99. The lowest BCUT2D eigenvalue weighted by Gasteiger charge is -2.25. The third-order valence-electron chi connectivity index (χ3n) is 4.11. The molecule has 2 amide bonds. The minimum Gasteiger partial charge on any atom is -0.382 e. The summed E-state index contributed by atoms with van der Waals surface area (Å²) in [5, 5.41) is 5.52. The van der Waals surface area contributed by atoms with Gasteiger partial charge in [-0.05, 0) is 33.3 Å². The number of carbonyl (C=O) groups is 2. The maximum Gasteiger partial charge on any atom is 0.264 e. The summed E-state index contributed by atoms with van der Waals surface area (Å²) in [5.41, 5.74) is 0.137. The molecule has 0 radical (unpaired) electrons. The first-order valence-corrected chi connectivity index (χ1v) is 8.10. The molecule has 0 bridgehead atoms. The van der Waals surface area contributed by atoms with Crippen LogP contribution in [-0.4, -0.2) is 27.4 Å². The van der Waals surface area contributed by atoms with Crippen LogP contribution in [0.1, 0.15) is 38.6 Å². The van der Waals surface area contributed by atoms with Gasteiger partial charge in [-0.2, -0.15) is 0 Å². The number of rotatable bonds is 3. The molecule has 1 aromatic carbocycles. The Morgan fingerprint density at radius 2 is 2.04 bits per heavy atom. The molecule has 2 heterocycles. The largest absolute Gasteiger partial charge is 0.382 e. The maximum atomic E-state index is 13.9. The number of anilines is 1. The molecule has 1 aliphatic heterocycles. The van der Waals surface area contributed by atoms with Crippen LogP contribution < -0.4 is 16.2 Å². The molecule has 1 aliphatic rings. The molecule has 0 unspecified atom stereocenters. The third-order valence-corrected chi connectivity index (χ3v) is 4.11.